The molecule has 0 aliphatic rings. The average Bonchev–Trinajstić information content (AvgIpc) is 2.66. The first-order chi connectivity index (χ1) is 8.62. The van der Waals surface area contributed by atoms with E-state index in [0.29, 0.717) is 11.5 Å². The Balaban J connectivity index is 2.86. The minimum atomic E-state index is -0.946. The van der Waals surface area contributed by atoms with E-state index < -0.39 is 11.9 Å². The molecule has 1 rings (SSSR count). The molecule has 19 heavy (non-hydrogen) atoms. The first kappa shape index (κ1) is 15.2. The maximum absolute atomic E-state index is 12.0. The number of aryl methyl sites for hydroxylation is 1. The summed E-state index contributed by atoms with van der Waals surface area (Å²) in [6.45, 7) is 7.84. The van der Waals surface area contributed by atoms with Crippen molar-refractivity contribution in [2.75, 3.05) is 13.6 Å². The molecule has 1 aromatic heterocycles. The predicted octanol–water partition coefficient (Wildman–Crippen LogP) is 1.83. The zero-order valence-corrected chi connectivity index (χ0v) is 12.0. The Bertz CT molecular complexity index is 485. The fraction of sp³-hybridized carbons (Fsp3) is 0.615. The van der Waals surface area contributed by atoms with Crippen molar-refractivity contribution in [2.24, 2.45) is 0 Å². The first-order valence-electron chi connectivity index (χ1n) is 6.08. The molecule has 0 aliphatic heterocycles. The number of oxazole rings is 1. The van der Waals surface area contributed by atoms with Gasteiger partial charge in [0.2, 0.25) is 0 Å². The van der Waals surface area contributed by atoms with Gasteiger partial charge in [0.15, 0.2) is 0 Å². The van der Waals surface area contributed by atoms with Gasteiger partial charge in [-0.3, -0.25) is 9.59 Å². The van der Waals surface area contributed by atoms with E-state index in [1.54, 1.807) is 6.92 Å². The second kappa shape index (κ2) is 5.42. The lowest BCUT2D eigenvalue weighted by Gasteiger charge is -2.15. The summed E-state index contributed by atoms with van der Waals surface area (Å²) in [5, 5.41) is 8.59. The Labute approximate surface area is 112 Å². The zero-order chi connectivity index (χ0) is 14.8. The summed E-state index contributed by atoms with van der Waals surface area (Å²) < 4.78 is 5.52. The molecule has 1 aromatic rings. The van der Waals surface area contributed by atoms with Gasteiger partial charge in [-0.2, -0.15) is 0 Å². The van der Waals surface area contributed by atoms with Crippen LogP contribution in [0.2, 0.25) is 0 Å². The van der Waals surface area contributed by atoms with Crippen LogP contribution in [0.1, 0.15) is 49.3 Å². The van der Waals surface area contributed by atoms with Crippen molar-refractivity contribution in [2.45, 2.75) is 39.5 Å². The quantitative estimate of drug-likeness (QED) is 0.900. The highest BCUT2D eigenvalue weighted by Crippen LogP contribution is 2.26. The van der Waals surface area contributed by atoms with Gasteiger partial charge in [-0.1, -0.05) is 20.8 Å². The molecule has 0 saturated heterocycles. The number of carboxylic acids is 1. The van der Waals surface area contributed by atoms with Gasteiger partial charge < -0.3 is 14.4 Å². The molecule has 0 fully saturated rings. The lowest BCUT2D eigenvalue weighted by molar-refractivity contribution is -0.137. The van der Waals surface area contributed by atoms with Crippen LogP contribution >= 0.6 is 0 Å². The molecule has 1 amide bonds. The average molecular weight is 268 g/mol. The summed E-state index contributed by atoms with van der Waals surface area (Å²) in [4.78, 5) is 27.9. The number of nitrogens with zero attached hydrogens (tertiary/aromatic N) is 2. The molecule has 106 valence electrons. The first-order valence-corrected chi connectivity index (χ1v) is 6.08. The van der Waals surface area contributed by atoms with Crippen molar-refractivity contribution in [1.29, 1.82) is 0 Å². The Morgan fingerprint density at radius 2 is 1.95 bits per heavy atom. The Morgan fingerprint density at radius 1 is 1.37 bits per heavy atom. The van der Waals surface area contributed by atoms with Crippen LogP contribution in [0.3, 0.4) is 0 Å². The number of hydrogen-bond donors (Lipinski definition) is 1. The highest BCUT2D eigenvalue weighted by molar-refractivity contribution is 5.89. The van der Waals surface area contributed by atoms with Gasteiger partial charge in [-0.25, -0.2) is 4.98 Å². The smallest absolute Gasteiger partial charge is 0.309 e. The van der Waals surface area contributed by atoms with E-state index in [1.165, 1.54) is 11.9 Å². The van der Waals surface area contributed by atoms with E-state index in [1.807, 2.05) is 20.8 Å². The van der Waals surface area contributed by atoms with E-state index in [0.717, 1.165) is 0 Å². The summed E-state index contributed by atoms with van der Waals surface area (Å²) in [7, 11) is 1.53. The van der Waals surface area contributed by atoms with Gasteiger partial charge in [-0.15, -0.1) is 0 Å². The predicted molar refractivity (Wildman–Crippen MR) is 69.2 cm³/mol. The number of aliphatic carboxylic acids is 1. The normalized spacial score (nSPS) is 11.4. The molecule has 6 nitrogen and oxygen atoms in total. The number of carbonyl (C=O) groups excluding carboxylic acids is 1. The van der Waals surface area contributed by atoms with Gasteiger partial charge in [0.1, 0.15) is 5.76 Å². The largest absolute Gasteiger partial charge is 0.481 e. The zero-order valence-electron chi connectivity index (χ0n) is 12.0. The standard InChI is InChI=1S/C13H20N2O4/c1-8-10(13(2,3)4)19-11(14-8)12(18)15(5)7-6-9(16)17/h6-7H2,1-5H3,(H,16,17). The van der Waals surface area contributed by atoms with Crippen molar-refractivity contribution < 1.29 is 19.1 Å². The van der Waals surface area contributed by atoms with Crippen LogP contribution in [-0.2, 0) is 10.2 Å². The van der Waals surface area contributed by atoms with Crippen LogP contribution < -0.4 is 0 Å². The van der Waals surface area contributed by atoms with E-state index in [2.05, 4.69) is 4.98 Å². The van der Waals surface area contributed by atoms with Crippen molar-refractivity contribution in [3.8, 4) is 0 Å². The van der Waals surface area contributed by atoms with Crippen molar-refractivity contribution in [3.05, 3.63) is 17.3 Å². The number of rotatable bonds is 4. The fourth-order valence-corrected chi connectivity index (χ4v) is 1.71. The Morgan fingerprint density at radius 3 is 2.37 bits per heavy atom. The summed E-state index contributed by atoms with van der Waals surface area (Å²) in [5.41, 5.74) is 0.456. The molecule has 0 aliphatic carbocycles. The third-order valence-electron chi connectivity index (χ3n) is 2.67. The second-order valence-corrected chi connectivity index (χ2v) is 5.55. The SMILES string of the molecule is Cc1nc(C(=O)N(C)CCC(=O)O)oc1C(C)(C)C. The lowest BCUT2D eigenvalue weighted by atomic mass is 9.92. The summed E-state index contributed by atoms with van der Waals surface area (Å²) in [6.07, 6.45) is -0.103. The van der Waals surface area contributed by atoms with Crippen LogP contribution in [0.25, 0.3) is 0 Å². The molecule has 1 heterocycles. The molecular formula is C13H20N2O4. The van der Waals surface area contributed by atoms with Gasteiger partial charge in [0.25, 0.3) is 5.89 Å². The molecular weight excluding hydrogens is 248 g/mol. The number of hydrogen-bond acceptors (Lipinski definition) is 4. The van der Waals surface area contributed by atoms with Crippen LogP contribution in [0.15, 0.2) is 4.42 Å². The van der Waals surface area contributed by atoms with Gasteiger partial charge in [0, 0.05) is 19.0 Å². The minimum absolute atomic E-state index is 0.00955. The number of carboxylic acid groups (broad SMARTS) is 1. The van der Waals surface area contributed by atoms with Crippen molar-refractivity contribution in [1.82, 2.24) is 9.88 Å². The molecule has 0 bridgehead atoms. The van der Waals surface area contributed by atoms with Gasteiger partial charge >= 0.3 is 11.9 Å². The maximum Gasteiger partial charge on any atom is 0.309 e. The van der Waals surface area contributed by atoms with Gasteiger partial charge in [0.05, 0.1) is 12.1 Å². The van der Waals surface area contributed by atoms with Gasteiger partial charge in [-0.05, 0) is 6.92 Å². The van der Waals surface area contributed by atoms with E-state index >= 15 is 0 Å². The van der Waals surface area contributed by atoms with E-state index in [9.17, 15) is 9.59 Å². The number of aromatic nitrogens is 1. The number of amides is 1. The third-order valence-corrected chi connectivity index (χ3v) is 2.67. The summed E-state index contributed by atoms with van der Waals surface area (Å²) in [6, 6.07) is 0. The van der Waals surface area contributed by atoms with E-state index in [-0.39, 0.29) is 24.3 Å². The van der Waals surface area contributed by atoms with Crippen LogP contribution in [0, 0.1) is 6.92 Å². The molecule has 0 spiro atoms. The molecule has 0 atom stereocenters. The maximum atomic E-state index is 12.0. The lowest BCUT2D eigenvalue weighted by Crippen LogP contribution is -2.29. The van der Waals surface area contributed by atoms with Crippen LogP contribution in [-0.4, -0.2) is 40.5 Å². The number of carbonyl (C=O) groups is 2. The summed E-state index contributed by atoms with van der Waals surface area (Å²) >= 11 is 0. The monoisotopic (exact) mass is 268 g/mol. The minimum Gasteiger partial charge on any atom is -0.481 e. The highest BCUT2D eigenvalue weighted by Gasteiger charge is 2.26. The molecule has 1 N–H and O–H groups in total. The molecule has 0 aromatic carbocycles. The molecule has 6 heteroatoms. The topological polar surface area (TPSA) is 83.6 Å². The fourth-order valence-electron chi connectivity index (χ4n) is 1.71. The van der Waals surface area contributed by atoms with Crippen molar-refractivity contribution >= 4 is 11.9 Å². The Kier molecular flexibility index (Phi) is 4.34. The third kappa shape index (κ3) is 3.81. The Hall–Kier alpha value is -1.85. The molecule has 0 unspecified atom stereocenters. The summed E-state index contributed by atoms with van der Waals surface area (Å²) in [5.74, 6) is -0.670. The van der Waals surface area contributed by atoms with Crippen LogP contribution in [0.4, 0.5) is 0 Å². The van der Waals surface area contributed by atoms with Crippen molar-refractivity contribution in [3.63, 3.8) is 0 Å². The van der Waals surface area contributed by atoms with Crippen LogP contribution in [0.5, 0.6) is 0 Å². The van der Waals surface area contributed by atoms with E-state index in [4.69, 9.17) is 9.52 Å². The highest BCUT2D eigenvalue weighted by atomic mass is 16.4. The molecule has 0 saturated carbocycles. The molecule has 0 radical (unpaired) electrons. The second-order valence-electron chi connectivity index (χ2n) is 5.55.